The second-order valence-corrected chi connectivity index (χ2v) is 6.53. The van der Waals surface area contributed by atoms with Crippen molar-refractivity contribution in [1.82, 2.24) is 4.90 Å². The molecule has 0 spiro atoms. The second kappa shape index (κ2) is 7.92. The van der Waals surface area contributed by atoms with Crippen LogP contribution in [0.1, 0.15) is 26.2 Å². The van der Waals surface area contributed by atoms with Crippen LogP contribution in [-0.2, 0) is 4.79 Å². The van der Waals surface area contributed by atoms with E-state index in [-0.39, 0.29) is 5.91 Å². The van der Waals surface area contributed by atoms with Crippen molar-refractivity contribution in [3.8, 4) is 0 Å². The summed E-state index contributed by atoms with van der Waals surface area (Å²) >= 11 is 3.41. The van der Waals surface area contributed by atoms with Gasteiger partial charge in [0.05, 0.1) is 6.54 Å². The first-order valence-corrected chi connectivity index (χ1v) is 8.43. The Morgan fingerprint density at radius 3 is 2.95 bits per heavy atom. The quantitative estimate of drug-likeness (QED) is 0.826. The molecule has 2 unspecified atom stereocenters. The van der Waals surface area contributed by atoms with Crippen molar-refractivity contribution in [2.24, 2.45) is 11.7 Å². The summed E-state index contributed by atoms with van der Waals surface area (Å²) in [7, 11) is 0. The summed E-state index contributed by atoms with van der Waals surface area (Å²) in [6, 6.07) is 8.12. The van der Waals surface area contributed by atoms with Crippen LogP contribution in [0.2, 0.25) is 0 Å². The number of nitrogens with zero attached hydrogens (tertiary/aromatic N) is 1. The molecule has 0 radical (unpaired) electrons. The van der Waals surface area contributed by atoms with Gasteiger partial charge in [-0.15, -0.1) is 0 Å². The lowest BCUT2D eigenvalue weighted by atomic mass is 10.0. The fourth-order valence-electron chi connectivity index (χ4n) is 3.19. The number of rotatable bonds is 6. The van der Waals surface area contributed by atoms with Crippen molar-refractivity contribution in [1.29, 1.82) is 0 Å². The van der Waals surface area contributed by atoms with Gasteiger partial charge in [0.15, 0.2) is 0 Å². The predicted molar refractivity (Wildman–Crippen MR) is 90.2 cm³/mol. The van der Waals surface area contributed by atoms with E-state index in [1.807, 2.05) is 24.3 Å². The van der Waals surface area contributed by atoms with E-state index in [9.17, 15) is 4.79 Å². The van der Waals surface area contributed by atoms with E-state index in [4.69, 9.17) is 5.73 Å². The molecule has 1 amide bonds. The minimum atomic E-state index is 0.0395. The molecule has 1 aromatic carbocycles. The van der Waals surface area contributed by atoms with Crippen molar-refractivity contribution >= 4 is 27.5 Å². The third-order valence-electron chi connectivity index (χ3n) is 4.25. The maximum Gasteiger partial charge on any atom is 0.238 e. The number of hydrogen-bond donors (Lipinski definition) is 2. The molecule has 21 heavy (non-hydrogen) atoms. The Labute approximate surface area is 135 Å². The Hall–Kier alpha value is -0.910. The minimum absolute atomic E-state index is 0.0395. The molecule has 1 fully saturated rings. The number of anilines is 1. The molecule has 0 saturated heterocycles. The minimum Gasteiger partial charge on any atom is -0.330 e. The van der Waals surface area contributed by atoms with Crippen molar-refractivity contribution in [3.63, 3.8) is 0 Å². The monoisotopic (exact) mass is 353 g/mol. The molecule has 1 aromatic rings. The highest BCUT2D eigenvalue weighted by atomic mass is 79.9. The second-order valence-electron chi connectivity index (χ2n) is 5.62. The van der Waals surface area contributed by atoms with Crippen LogP contribution in [0.5, 0.6) is 0 Å². The average Bonchev–Trinajstić information content (AvgIpc) is 2.93. The highest BCUT2D eigenvalue weighted by Crippen LogP contribution is 2.29. The number of hydrogen-bond acceptors (Lipinski definition) is 3. The molecule has 1 aliphatic rings. The van der Waals surface area contributed by atoms with Crippen molar-refractivity contribution in [3.05, 3.63) is 28.7 Å². The largest absolute Gasteiger partial charge is 0.330 e. The first kappa shape index (κ1) is 16.5. The molecule has 2 rings (SSSR count). The van der Waals surface area contributed by atoms with Gasteiger partial charge in [0.25, 0.3) is 0 Å². The SMILES string of the molecule is CCN(CC(=O)Nc1cccc(Br)c1)C1CCCC1CN. The first-order valence-electron chi connectivity index (χ1n) is 7.63. The van der Waals surface area contributed by atoms with Gasteiger partial charge in [-0.05, 0) is 50.0 Å². The van der Waals surface area contributed by atoms with E-state index in [1.165, 1.54) is 12.8 Å². The van der Waals surface area contributed by atoms with Crippen molar-refractivity contribution in [2.75, 3.05) is 25.0 Å². The van der Waals surface area contributed by atoms with Gasteiger partial charge >= 0.3 is 0 Å². The molecule has 3 N–H and O–H groups in total. The molecule has 5 heteroatoms. The molecule has 116 valence electrons. The average molecular weight is 354 g/mol. The van der Waals surface area contributed by atoms with Crippen LogP contribution in [0.3, 0.4) is 0 Å². The summed E-state index contributed by atoms with van der Waals surface area (Å²) in [5, 5.41) is 2.96. The Kier molecular flexibility index (Phi) is 6.21. The fraction of sp³-hybridized carbons (Fsp3) is 0.562. The molecular weight excluding hydrogens is 330 g/mol. The summed E-state index contributed by atoms with van der Waals surface area (Å²) in [4.78, 5) is 14.5. The van der Waals surface area contributed by atoms with Crippen LogP contribution in [0.4, 0.5) is 5.69 Å². The van der Waals surface area contributed by atoms with Gasteiger partial charge in [-0.1, -0.05) is 35.3 Å². The van der Waals surface area contributed by atoms with E-state index in [2.05, 4.69) is 33.1 Å². The summed E-state index contributed by atoms with van der Waals surface area (Å²) < 4.78 is 0.964. The van der Waals surface area contributed by atoms with Crippen molar-refractivity contribution in [2.45, 2.75) is 32.2 Å². The molecule has 4 nitrogen and oxygen atoms in total. The topological polar surface area (TPSA) is 58.4 Å². The third-order valence-corrected chi connectivity index (χ3v) is 4.75. The molecular formula is C16H24BrN3O. The van der Waals surface area contributed by atoms with Gasteiger partial charge in [-0.25, -0.2) is 0 Å². The smallest absolute Gasteiger partial charge is 0.238 e. The molecule has 0 bridgehead atoms. The van der Waals surface area contributed by atoms with Crippen LogP contribution >= 0.6 is 15.9 Å². The van der Waals surface area contributed by atoms with Crippen LogP contribution in [-0.4, -0.2) is 36.5 Å². The van der Waals surface area contributed by atoms with Crippen LogP contribution in [0.15, 0.2) is 28.7 Å². The van der Waals surface area contributed by atoms with E-state index < -0.39 is 0 Å². The maximum atomic E-state index is 12.2. The number of nitrogens with one attached hydrogen (secondary N) is 1. The lowest BCUT2D eigenvalue weighted by Gasteiger charge is -2.31. The number of halogens is 1. The molecule has 2 atom stereocenters. The van der Waals surface area contributed by atoms with E-state index >= 15 is 0 Å². The van der Waals surface area contributed by atoms with Crippen LogP contribution in [0.25, 0.3) is 0 Å². The van der Waals surface area contributed by atoms with Gasteiger partial charge < -0.3 is 11.1 Å². The zero-order valence-corrected chi connectivity index (χ0v) is 14.1. The van der Waals surface area contributed by atoms with Crippen LogP contribution < -0.4 is 11.1 Å². The third kappa shape index (κ3) is 4.53. The van der Waals surface area contributed by atoms with E-state index in [0.717, 1.165) is 23.1 Å². The summed E-state index contributed by atoms with van der Waals surface area (Å²) in [6.07, 6.45) is 3.56. The first-order chi connectivity index (χ1) is 10.1. The van der Waals surface area contributed by atoms with Gasteiger partial charge in [0, 0.05) is 16.2 Å². The maximum absolute atomic E-state index is 12.2. The zero-order valence-electron chi connectivity index (χ0n) is 12.5. The van der Waals surface area contributed by atoms with Gasteiger partial charge in [0.2, 0.25) is 5.91 Å². The number of benzene rings is 1. The zero-order chi connectivity index (χ0) is 15.2. The summed E-state index contributed by atoms with van der Waals surface area (Å²) in [5.41, 5.74) is 6.68. The number of carbonyl (C=O) groups is 1. The lowest BCUT2D eigenvalue weighted by Crippen LogP contribution is -2.44. The summed E-state index contributed by atoms with van der Waals surface area (Å²) in [6.45, 7) is 4.14. The normalized spacial score (nSPS) is 21.7. The number of nitrogens with two attached hydrogens (primary N) is 1. The predicted octanol–water partition coefficient (Wildman–Crippen LogP) is 2.84. The number of amides is 1. The van der Waals surface area contributed by atoms with E-state index in [1.54, 1.807) is 0 Å². The highest BCUT2D eigenvalue weighted by Gasteiger charge is 2.31. The Bertz CT molecular complexity index is 480. The standard InChI is InChI=1S/C16H24BrN3O/c1-2-20(15-8-3-5-12(15)10-18)11-16(21)19-14-7-4-6-13(17)9-14/h4,6-7,9,12,15H,2-3,5,8,10-11,18H2,1H3,(H,19,21). The number of carbonyl (C=O) groups excluding carboxylic acids is 1. The van der Waals surface area contributed by atoms with Gasteiger partial charge in [-0.3, -0.25) is 9.69 Å². The van der Waals surface area contributed by atoms with Crippen molar-refractivity contribution < 1.29 is 4.79 Å². The molecule has 1 aliphatic carbocycles. The molecule has 0 heterocycles. The van der Waals surface area contributed by atoms with Gasteiger partial charge in [-0.2, -0.15) is 0 Å². The Balaban J connectivity index is 1.93. The Morgan fingerprint density at radius 2 is 2.29 bits per heavy atom. The summed E-state index contributed by atoms with van der Waals surface area (Å²) in [5.74, 6) is 0.571. The fourth-order valence-corrected chi connectivity index (χ4v) is 3.59. The van der Waals surface area contributed by atoms with Crippen LogP contribution in [0, 0.1) is 5.92 Å². The van der Waals surface area contributed by atoms with Gasteiger partial charge in [0.1, 0.15) is 0 Å². The Morgan fingerprint density at radius 1 is 1.48 bits per heavy atom. The molecule has 0 aromatic heterocycles. The molecule has 1 saturated carbocycles. The number of likely N-dealkylation sites (N-methyl/N-ethyl adjacent to an activating group) is 1. The molecule has 0 aliphatic heterocycles. The lowest BCUT2D eigenvalue weighted by molar-refractivity contribution is -0.118. The van der Waals surface area contributed by atoms with E-state index in [0.29, 0.717) is 25.0 Å². The highest BCUT2D eigenvalue weighted by molar-refractivity contribution is 9.10.